The summed E-state index contributed by atoms with van der Waals surface area (Å²) in [5.74, 6) is 0.0380. The van der Waals surface area contributed by atoms with Gasteiger partial charge in [0, 0.05) is 10.9 Å². The van der Waals surface area contributed by atoms with Crippen molar-refractivity contribution in [1.29, 1.82) is 0 Å². The summed E-state index contributed by atoms with van der Waals surface area (Å²) < 4.78 is 17.9. The third-order valence-electron chi connectivity index (χ3n) is 3.32. The first kappa shape index (κ1) is 14.8. The number of hydrogen-bond donors (Lipinski definition) is 2. The molecule has 0 fully saturated rings. The zero-order valence-corrected chi connectivity index (χ0v) is 12.3. The molecule has 0 atom stereocenters. The van der Waals surface area contributed by atoms with Crippen LogP contribution in [0.25, 0.3) is 10.9 Å². The Labute approximate surface area is 131 Å². The molecule has 0 aliphatic carbocycles. The van der Waals surface area contributed by atoms with E-state index < -0.39 is 0 Å². The Bertz CT molecular complexity index is 869. The number of nitrogens with one attached hydrogen (secondary N) is 2. The van der Waals surface area contributed by atoms with Gasteiger partial charge in [0.15, 0.2) is 0 Å². The minimum absolute atomic E-state index is 0.320. The molecule has 5 nitrogen and oxygen atoms in total. The second kappa shape index (κ2) is 6.31. The number of ether oxygens (including phenoxy) is 1. The largest absolute Gasteiger partial charge is 0.497 e. The molecule has 23 heavy (non-hydrogen) atoms. The molecule has 2 N–H and O–H groups in total. The maximum atomic E-state index is 12.8. The molecular weight excluding hydrogens is 297 g/mol. The predicted molar refractivity (Wildman–Crippen MR) is 86.3 cm³/mol. The van der Waals surface area contributed by atoms with Crippen molar-refractivity contribution in [3.63, 3.8) is 0 Å². The molecule has 3 rings (SSSR count). The van der Waals surface area contributed by atoms with Gasteiger partial charge in [0.1, 0.15) is 17.3 Å². The number of aromatic amines is 1. The van der Waals surface area contributed by atoms with Gasteiger partial charge in [-0.3, -0.25) is 4.79 Å². The second-order valence-corrected chi connectivity index (χ2v) is 4.89. The summed E-state index contributed by atoms with van der Waals surface area (Å²) in [6, 6.07) is 13.0. The zero-order valence-electron chi connectivity index (χ0n) is 12.3. The monoisotopic (exact) mass is 311 g/mol. The summed E-state index contributed by atoms with van der Waals surface area (Å²) in [7, 11) is 1.59. The van der Waals surface area contributed by atoms with Crippen LogP contribution < -0.4 is 10.2 Å². The number of halogens is 1. The summed E-state index contributed by atoms with van der Waals surface area (Å²) in [5.41, 5.74) is 4.34. The van der Waals surface area contributed by atoms with E-state index in [-0.39, 0.29) is 11.7 Å². The standard InChI is InChI=1S/C17H14FN3O2/c1-23-14-6-7-15-12(8-14)9-16(20-15)17(22)21-19-10-11-2-4-13(18)5-3-11/h2-10,20H,1H3,(H,21,22). The number of fused-ring (bicyclic) bond motifs is 1. The van der Waals surface area contributed by atoms with Crippen molar-refractivity contribution in [2.45, 2.75) is 0 Å². The van der Waals surface area contributed by atoms with Crippen LogP contribution in [0.15, 0.2) is 53.6 Å². The molecule has 0 aliphatic heterocycles. The van der Waals surface area contributed by atoms with Crippen LogP contribution in [0.2, 0.25) is 0 Å². The number of benzene rings is 2. The van der Waals surface area contributed by atoms with Gasteiger partial charge in [-0.15, -0.1) is 0 Å². The third kappa shape index (κ3) is 3.37. The van der Waals surface area contributed by atoms with Crippen LogP contribution in [0.3, 0.4) is 0 Å². The Morgan fingerprint density at radius 3 is 2.74 bits per heavy atom. The predicted octanol–water partition coefficient (Wildman–Crippen LogP) is 3.08. The van der Waals surface area contributed by atoms with Crippen molar-refractivity contribution in [1.82, 2.24) is 10.4 Å². The topological polar surface area (TPSA) is 66.5 Å². The molecule has 0 radical (unpaired) electrons. The molecule has 6 heteroatoms. The Morgan fingerprint density at radius 1 is 1.22 bits per heavy atom. The Hall–Kier alpha value is -3.15. The maximum Gasteiger partial charge on any atom is 0.287 e. The summed E-state index contributed by atoms with van der Waals surface area (Å²) in [6.07, 6.45) is 1.45. The van der Waals surface area contributed by atoms with Crippen molar-refractivity contribution in [2.24, 2.45) is 5.10 Å². The van der Waals surface area contributed by atoms with Crippen molar-refractivity contribution >= 4 is 23.0 Å². The minimum Gasteiger partial charge on any atom is -0.497 e. The van der Waals surface area contributed by atoms with E-state index >= 15 is 0 Å². The molecular formula is C17H14FN3O2. The first-order valence-electron chi connectivity index (χ1n) is 6.91. The van der Waals surface area contributed by atoms with E-state index in [1.165, 1.54) is 18.3 Å². The number of amides is 1. The van der Waals surface area contributed by atoms with Gasteiger partial charge in [0.25, 0.3) is 5.91 Å². The SMILES string of the molecule is COc1ccc2[nH]c(C(=O)NN=Cc3ccc(F)cc3)cc2c1. The van der Waals surface area contributed by atoms with Gasteiger partial charge in [-0.1, -0.05) is 12.1 Å². The molecule has 0 saturated carbocycles. The number of carbonyl (C=O) groups excluding carboxylic acids is 1. The first-order valence-corrected chi connectivity index (χ1v) is 6.91. The molecule has 1 aromatic heterocycles. The number of carbonyl (C=O) groups is 1. The van der Waals surface area contributed by atoms with Gasteiger partial charge in [-0.05, 0) is 42.0 Å². The van der Waals surface area contributed by atoms with E-state index in [0.29, 0.717) is 11.3 Å². The van der Waals surface area contributed by atoms with Gasteiger partial charge in [0.05, 0.1) is 13.3 Å². The Morgan fingerprint density at radius 2 is 2.00 bits per heavy atom. The number of hydrazone groups is 1. The Balaban J connectivity index is 1.71. The highest BCUT2D eigenvalue weighted by Crippen LogP contribution is 2.21. The van der Waals surface area contributed by atoms with Crippen LogP contribution in [0, 0.1) is 5.82 Å². The number of rotatable bonds is 4. The van der Waals surface area contributed by atoms with Crippen LogP contribution in [0.5, 0.6) is 5.75 Å². The van der Waals surface area contributed by atoms with Crippen LogP contribution >= 0.6 is 0 Å². The van der Waals surface area contributed by atoms with Crippen molar-refractivity contribution in [3.05, 3.63) is 65.6 Å². The van der Waals surface area contributed by atoms with E-state index in [9.17, 15) is 9.18 Å². The molecule has 116 valence electrons. The molecule has 1 heterocycles. The van der Waals surface area contributed by atoms with Crippen LogP contribution in [0.4, 0.5) is 4.39 Å². The average Bonchev–Trinajstić information content (AvgIpc) is 2.99. The van der Waals surface area contributed by atoms with Gasteiger partial charge < -0.3 is 9.72 Å². The molecule has 0 aliphatic rings. The zero-order chi connectivity index (χ0) is 16.2. The molecule has 0 spiro atoms. The van der Waals surface area contributed by atoms with E-state index in [0.717, 1.165) is 16.7 Å². The highest BCUT2D eigenvalue weighted by atomic mass is 19.1. The summed E-state index contributed by atoms with van der Waals surface area (Å²) in [4.78, 5) is 15.1. The smallest absolute Gasteiger partial charge is 0.287 e. The van der Waals surface area contributed by atoms with Crippen LogP contribution in [-0.2, 0) is 0 Å². The van der Waals surface area contributed by atoms with E-state index in [1.807, 2.05) is 18.2 Å². The van der Waals surface area contributed by atoms with Crippen LogP contribution in [-0.4, -0.2) is 24.2 Å². The number of hydrogen-bond acceptors (Lipinski definition) is 3. The summed E-state index contributed by atoms with van der Waals surface area (Å²) >= 11 is 0. The fraction of sp³-hybridized carbons (Fsp3) is 0.0588. The second-order valence-electron chi connectivity index (χ2n) is 4.89. The van der Waals surface area contributed by atoms with Crippen LogP contribution in [0.1, 0.15) is 16.1 Å². The highest BCUT2D eigenvalue weighted by molar-refractivity contribution is 5.98. The number of aromatic nitrogens is 1. The summed E-state index contributed by atoms with van der Waals surface area (Å²) in [6.45, 7) is 0. The molecule has 0 saturated heterocycles. The highest BCUT2D eigenvalue weighted by Gasteiger charge is 2.09. The van der Waals surface area contributed by atoms with E-state index in [4.69, 9.17) is 4.74 Å². The molecule has 0 unspecified atom stereocenters. The van der Waals surface area contributed by atoms with Gasteiger partial charge >= 0.3 is 0 Å². The van der Waals surface area contributed by atoms with Gasteiger partial charge in [-0.25, -0.2) is 9.82 Å². The van der Waals surface area contributed by atoms with Crippen molar-refractivity contribution < 1.29 is 13.9 Å². The quantitative estimate of drug-likeness (QED) is 0.574. The number of nitrogens with zero attached hydrogens (tertiary/aromatic N) is 1. The summed E-state index contributed by atoms with van der Waals surface area (Å²) in [5, 5.41) is 4.73. The first-order chi connectivity index (χ1) is 11.2. The van der Waals surface area contributed by atoms with Gasteiger partial charge in [-0.2, -0.15) is 5.10 Å². The normalized spacial score (nSPS) is 11.0. The molecule has 2 aromatic carbocycles. The van der Waals surface area contributed by atoms with E-state index in [1.54, 1.807) is 25.3 Å². The van der Waals surface area contributed by atoms with E-state index in [2.05, 4.69) is 15.5 Å². The molecule has 0 bridgehead atoms. The lowest BCUT2D eigenvalue weighted by atomic mass is 10.2. The fourth-order valence-electron chi connectivity index (χ4n) is 2.13. The Kier molecular flexibility index (Phi) is 4.05. The lowest BCUT2D eigenvalue weighted by Gasteiger charge is -1.97. The average molecular weight is 311 g/mol. The lowest BCUT2D eigenvalue weighted by Crippen LogP contribution is -2.17. The van der Waals surface area contributed by atoms with Gasteiger partial charge in [0.2, 0.25) is 0 Å². The number of methoxy groups -OCH3 is 1. The lowest BCUT2D eigenvalue weighted by molar-refractivity contribution is 0.0951. The minimum atomic E-state index is -0.362. The third-order valence-corrected chi connectivity index (χ3v) is 3.32. The number of H-pyrrole nitrogens is 1. The molecule has 1 amide bonds. The van der Waals surface area contributed by atoms with Crippen molar-refractivity contribution in [2.75, 3.05) is 7.11 Å². The van der Waals surface area contributed by atoms with Crippen molar-refractivity contribution in [3.8, 4) is 5.75 Å². The molecule has 3 aromatic rings. The fourth-order valence-corrected chi connectivity index (χ4v) is 2.13. The maximum absolute atomic E-state index is 12.8.